The summed E-state index contributed by atoms with van der Waals surface area (Å²) in [6.45, 7) is 5.18. The molecule has 0 aromatic carbocycles. The average molecular weight is 249 g/mol. The Balaban J connectivity index is 1.38. The van der Waals surface area contributed by atoms with Crippen LogP contribution in [0.15, 0.2) is 0 Å². The van der Waals surface area contributed by atoms with Crippen LogP contribution >= 0.6 is 0 Å². The third kappa shape index (κ3) is 2.69. The molecule has 4 nitrogen and oxygen atoms in total. The minimum absolute atomic E-state index is 0.305. The van der Waals surface area contributed by atoms with E-state index in [0.29, 0.717) is 24.0 Å². The molecule has 18 heavy (non-hydrogen) atoms. The lowest BCUT2D eigenvalue weighted by atomic mass is 10.0. The van der Waals surface area contributed by atoms with Crippen LogP contribution in [-0.2, 0) is 4.74 Å². The predicted octanol–water partition coefficient (Wildman–Crippen LogP) is 1.13. The molecule has 0 bridgehead atoms. The maximum Gasteiger partial charge on any atom is 0.0826 e. The second-order valence-electron chi connectivity index (χ2n) is 6.21. The van der Waals surface area contributed by atoms with E-state index in [4.69, 9.17) is 10.00 Å². The van der Waals surface area contributed by atoms with Gasteiger partial charge in [0.25, 0.3) is 0 Å². The van der Waals surface area contributed by atoms with Gasteiger partial charge in [-0.25, -0.2) is 0 Å². The monoisotopic (exact) mass is 249 g/mol. The van der Waals surface area contributed by atoms with Gasteiger partial charge in [0.05, 0.1) is 18.8 Å². The van der Waals surface area contributed by atoms with Crippen LogP contribution < -0.4 is 5.32 Å². The maximum atomic E-state index is 8.78. The van der Waals surface area contributed by atoms with Crippen molar-refractivity contribution in [2.45, 2.75) is 44.2 Å². The number of nitrogens with one attached hydrogen (secondary N) is 1. The largest absolute Gasteiger partial charge is 0.374 e. The number of rotatable bonds is 5. The molecule has 100 valence electrons. The van der Waals surface area contributed by atoms with Gasteiger partial charge in [0.15, 0.2) is 0 Å². The van der Waals surface area contributed by atoms with Gasteiger partial charge in [0.2, 0.25) is 0 Å². The summed E-state index contributed by atoms with van der Waals surface area (Å²) in [5.41, 5.74) is 0.305. The van der Waals surface area contributed by atoms with Gasteiger partial charge < -0.3 is 10.1 Å². The zero-order valence-electron chi connectivity index (χ0n) is 11.0. The fourth-order valence-electron chi connectivity index (χ4n) is 3.27. The molecule has 1 saturated carbocycles. The quantitative estimate of drug-likeness (QED) is 0.793. The van der Waals surface area contributed by atoms with E-state index in [1.165, 1.54) is 32.2 Å². The highest BCUT2D eigenvalue weighted by Crippen LogP contribution is 2.47. The molecule has 0 amide bonds. The van der Waals surface area contributed by atoms with Crippen LogP contribution in [0.4, 0.5) is 0 Å². The van der Waals surface area contributed by atoms with Crippen LogP contribution in [0.25, 0.3) is 0 Å². The zero-order valence-corrected chi connectivity index (χ0v) is 11.0. The highest BCUT2D eigenvalue weighted by Gasteiger charge is 2.42. The molecule has 3 aliphatic rings. The highest BCUT2D eigenvalue weighted by atomic mass is 16.5. The highest BCUT2D eigenvalue weighted by molar-refractivity contribution is 5.00. The third-order valence-corrected chi connectivity index (χ3v) is 4.74. The van der Waals surface area contributed by atoms with Gasteiger partial charge in [-0.3, -0.25) is 4.90 Å². The molecular formula is C14H23N3O. The summed E-state index contributed by atoms with van der Waals surface area (Å²) < 4.78 is 5.92. The van der Waals surface area contributed by atoms with Gasteiger partial charge in [-0.1, -0.05) is 0 Å². The fourth-order valence-corrected chi connectivity index (χ4v) is 3.27. The van der Waals surface area contributed by atoms with Crippen LogP contribution in [0.1, 0.15) is 32.1 Å². The summed E-state index contributed by atoms with van der Waals surface area (Å²) in [5.74, 6) is 0. The van der Waals surface area contributed by atoms with E-state index < -0.39 is 0 Å². The van der Waals surface area contributed by atoms with E-state index in [9.17, 15) is 0 Å². The van der Waals surface area contributed by atoms with Crippen LogP contribution in [0.5, 0.6) is 0 Å². The van der Waals surface area contributed by atoms with Crippen LogP contribution in [0.3, 0.4) is 0 Å². The molecule has 1 aliphatic carbocycles. The summed E-state index contributed by atoms with van der Waals surface area (Å²) in [4.78, 5) is 2.58. The molecule has 0 spiro atoms. The van der Waals surface area contributed by atoms with Gasteiger partial charge in [-0.15, -0.1) is 0 Å². The summed E-state index contributed by atoms with van der Waals surface area (Å²) >= 11 is 0. The van der Waals surface area contributed by atoms with Crippen molar-refractivity contribution in [2.75, 3.05) is 32.8 Å². The van der Waals surface area contributed by atoms with Crippen molar-refractivity contribution >= 4 is 0 Å². The first-order valence-corrected chi connectivity index (χ1v) is 7.25. The van der Waals surface area contributed by atoms with Crippen LogP contribution in [0.2, 0.25) is 0 Å². The Morgan fingerprint density at radius 2 is 2.33 bits per heavy atom. The molecule has 2 unspecified atom stereocenters. The minimum atomic E-state index is 0.305. The number of ether oxygens (including phenoxy) is 1. The Morgan fingerprint density at radius 1 is 1.44 bits per heavy atom. The molecule has 2 atom stereocenters. The van der Waals surface area contributed by atoms with Crippen molar-refractivity contribution in [2.24, 2.45) is 5.41 Å². The SMILES string of the molecule is N#CCC1(CNCC2CN3CCCC3CO2)CC1. The summed E-state index contributed by atoms with van der Waals surface area (Å²) in [7, 11) is 0. The Hall–Kier alpha value is -0.630. The second-order valence-corrected chi connectivity index (χ2v) is 6.21. The topological polar surface area (TPSA) is 48.3 Å². The Bertz CT molecular complexity index is 334. The number of fused-ring (bicyclic) bond motifs is 1. The molecule has 2 heterocycles. The van der Waals surface area contributed by atoms with Gasteiger partial charge >= 0.3 is 0 Å². The first-order valence-electron chi connectivity index (χ1n) is 7.25. The normalized spacial score (nSPS) is 33.9. The second kappa shape index (κ2) is 5.16. The fraction of sp³-hybridized carbons (Fsp3) is 0.929. The molecule has 0 aromatic rings. The lowest BCUT2D eigenvalue weighted by Crippen LogP contribution is -2.49. The van der Waals surface area contributed by atoms with Gasteiger partial charge in [-0.2, -0.15) is 5.26 Å². The molecule has 3 fully saturated rings. The van der Waals surface area contributed by atoms with Gasteiger partial charge in [-0.05, 0) is 37.6 Å². The Kier molecular flexibility index (Phi) is 3.56. The first-order chi connectivity index (χ1) is 8.81. The van der Waals surface area contributed by atoms with E-state index in [-0.39, 0.29) is 0 Å². The Labute approximate surface area is 109 Å². The molecule has 1 N–H and O–H groups in total. The number of hydrogen-bond acceptors (Lipinski definition) is 4. The van der Waals surface area contributed by atoms with Gasteiger partial charge in [0, 0.05) is 32.1 Å². The molecule has 3 rings (SSSR count). The maximum absolute atomic E-state index is 8.78. The van der Waals surface area contributed by atoms with E-state index in [2.05, 4.69) is 16.3 Å². The van der Waals surface area contributed by atoms with Gasteiger partial charge in [0.1, 0.15) is 0 Å². The summed E-state index contributed by atoms with van der Waals surface area (Å²) in [6, 6.07) is 3.00. The third-order valence-electron chi connectivity index (χ3n) is 4.74. The van der Waals surface area contributed by atoms with Crippen LogP contribution in [-0.4, -0.2) is 49.8 Å². The first kappa shape index (κ1) is 12.4. The number of nitrogens with zero attached hydrogens (tertiary/aromatic N) is 2. The van der Waals surface area contributed by atoms with E-state index in [1.54, 1.807) is 0 Å². The average Bonchev–Trinajstić information content (AvgIpc) is 2.97. The Morgan fingerprint density at radius 3 is 3.11 bits per heavy atom. The molecule has 4 heteroatoms. The molecule has 2 saturated heterocycles. The van der Waals surface area contributed by atoms with Crippen molar-refractivity contribution in [1.82, 2.24) is 10.2 Å². The molecule has 0 aromatic heterocycles. The van der Waals surface area contributed by atoms with Crippen molar-refractivity contribution < 1.29 is 4.74 Å². The lowest BCUT2D eigenvalue weighted by Gasteiger charge is -2.35. The minimum Gasteiger partial charge on any atom is -0.374 e. The van der Waals surface area contributed by atoms with E-state index in [0.717, 1.165) is 26.2 Å². The predicted molar refractivity (Wildman–Crippen MR) is 69.1 cm³/mol. The standard InChI is InChI=1S/C14H23N3O/c15-6-5-14(3-4-14)11-16-8-13-9-17-7-1-2-12(17)10-18-13/h12-13,16H,1-5,7-11H2. The van der Waals surface area contributed by atoms with E-state index in [1.807, 2.05) is 0 Å². The summed E-state index contributed by atoms with van der Waals surface area (Å²) in [6.07, 6.45) is 6.13. The number of morpholine rings is 1. The van der Waals surface area contributed by atoms with Crippen LogP contribution in [0, 0.1) is 16.7 Å². The zero-order chi connectivity index (χ0) is 12.4. The molecule has 2 aliphatic heterocycles. The number of hydrogen-bond donors (Lipinski definition) is 1. The van der Waals surface area contributed by atoms with E-state index >= 15 is 0 Å². The lowest BCUT2D eigenvalue weighted by molar-refractivity contribution is -0.0472. The van der Waals surface area contributed by atoms with Crippen molar-refractivity contribution in [3.8, 4) is 6.07 Å². The molecular weight excluding hydrogens is 226 g/mol. The molecule has 0 radical (unpaired) electrons. The summed E-state index contributed by atoms with van der Waals surface area (Å²) in [5, 5.41) is 12.3. The van der Waals surface area contributed by atoms with Crippen molar-refractivity contribution in [1.29, 1.82) is 5.26 Å². The smallest absolute Gasteiger partial charge is 0.0826 e. The van der Waals surface area contributed by atoms with Crippen molar-refractivity contribution in [3.63, 3.8) is 0 Å². The number of nitriles is 1. The van der Waals surface area contributed by atoms with Crippen molar-refractivity contribution in [3.05, 3.63) is 0 Å².